The van der Waals surface area contributed by atoms with Crippen LogP contribution in [0.25, 0.3) is 0 Å². The second-order valence-corrected chi connectivity index (χ2v) is 4.45. The second-order valence-electron chi connectivity index (χ2n) is 4.45. The minimum absolute atomic E-state index is 0.000480. The largest absolute Gasteiger partial charge is 0.399 e. The number of anilines is 1. The normalized spacial score (nSPS) is 10.3. The first-order valence-electron chi connectivity index (χ1n) is 6.09. The molecule has 3 nitrogen and oxygen atoms in total. The summed E-state index contributed by atoms with van der Waals surface area (Å²) in [4.78, 5) is 11.7. The highest BCUT2D eigenvalue weighted by Crippen LogP contribution is 2.10. The molecule has 0 aliphatic rings. The number of nitrogens with two attached hydrogens (primary N) is 1. The molecule has 0 atom stereocenters. The molecule has 2 aromatic carbocycles. The van der Waals surface area contributed by atoms with Gasteiger partial charge in [0.15, 0.2) is 11.6 Å². The Kier molecular flexibility index (Phi) is 4.30. The smallest absolute Gasteiger partial charge is 0.224 e. The van der Waals surface area contributed by atoms with Crippen molar-refractivity contribution in [3.05, 3.63) is 65.2 Å². The number of nitrogens with one attached hydrogen (secondary N) is 1. The van der Waals surface area contributed by atoms with Crippen molar-refractivity contribution in [1.82, 2.24) is 5.32 Å². The molecular weight excluding hydrogens is 262 g/mol. The summed E-state index contributed by atoms with van der Waals surface area (Å²) in [7, 11) is 0. The van der Waals surface area contributed by atoms with Crippen LogP contribution >= 0.6 is 0 Å². The van der Waals surface area contributed by atoms with Crippen LogP contribution < -0.4 is 11.1 Å². The Balaban J connectivity index is 1.91. The maximum atomic E-state index is 13.0. The molecule has 0 saturated heterocycles. The first-order chi connectivity index (χ1) is 9.54. The maximum Gasteiger partial charge on any atom is 0.224 e. The lowest BCUT2D eigenvalue weighted by molar-refractivity contribution is -0.120. The van der Waals surface area contributed by atoms with E-state index in [0.29, 0.717) is 17.8 Å². The molecule has 0 bridgehead atoms. The molecule has 0 heterocycles. The van der Waals surface area contributed by atoms with Crippen molar-refractivity contribution in [2.45, 2.75) is 13.0 Å². The summed E-state index contributed by atoms with van der Waals surface area (Å²) in [6.07, 6.45) is -0.000480. The van der Waals surface area contributed by atoms with Crippen molar-refractivity contribution in [2.75, 3.05) is 5.73 Å². The van der Waals surface area contributed by atoms with Gasteiger partial charge in [-0.25, -0.2) is 8.78 Å². The van der Waals surface area contributed by atoms with Gasteiger partial charge in [-0.05, 0) is 35.4 Å². The van der Waals surface area contributed by atoms with Gasteiger partial charge in [0.05, 0.1) is 6.42 Å². The molecule has 0 unspecified atom stereocenters. The quantitative estimate of drug-likeness (QED) is 0.843. The molecular formula is C15H14F2N2O. The SMILES string of the molecule is Nc1cccc(CNC(=O)Cc2ccc(F)c(F)c2)c1. The molecule has 1 amide bonds. The lowest BCUT2D eigenvalue weighted by Gasteiger charge is -2.06. The number of benzene rings is 2. The Morgan fingerprint density at radius 3 is 2.55 bits per heavy atom. The Hall–Kier alpha value is -2.43. The van der Waals surface area contributed by atoms with E-state index in [4.69, 9.17) is 5.73 Å². The van der Waals surface area contributed by atoms with E-state index in [2.05, 4.69) is 5.32 Å². The van der Waals surface area contributed by atoms with Crippen LogP contribution in [0.1, 0.15) is 11.1 Å². The maximum absolute atomic E-state index is 13.0. The van der Waals surface area contributed by atoms with Crippen molar-refractivity contribution in [3.8, 4) is 0 Å². The third-order valence-corrected chi connectivity index (χ3v) is 2.79. The van der Waals surface area contributed by atoms with E-state index >= 15 is 0 Å². The summed E-state index contributed by atoms with van der Waals surface area (Å²) in [5.74, 6) is -2.14. The third-order valence-electron chi connectivity index (χ3n) is 2.79. The third kappa shape index (κ3) is 3.78. The predicted molar refractivity (Wildman–Crippen MR) is 72.8 cm³/mol. The minimum atomic E-state index is -0.953. The van der Waals surface area contributed by atoms with Crippen LogP contribution in [-0.4, -0.2) is 5.91 Å². The lowest BCUT2D eigenvalue weighted by atomic mass is 10.1. The van der Waals surface area contributed by atoms with Gasteiger partial charge in [-0.3, -0.25) is 4.79 Å². The van der Waals surface area contributed by atoms with Gasteiger partial charge in [0.1, 0.15) is 0 Å². The first-order valence-corrected chi connectivity index (χ1v) is 6.09. The molecule has 20 heavy (non-hydrogen) atoms. The van der Waals surface area contributed by atoms with Gasteiger partial charge < -0.3 is 11.1 Å². The van der Waals surface area contributed by atoms with E-state index in [1.165, 1.54) is 6.07 Å². The summed E-state index contributed by atoms with van der Waals surface area (Å²) in [6.45, 7) is 0.341. The van der Waals surface area contributed by atoms with Gasteiger partial charge in [0, 0.05) is 12.2 Å². The molecule has 2 aromatic rings. The summed E-state index contributed by atoms with van der Waals surface area (Å²) in [5, 5.41) is 2.70. The number of halogens is 2. The van der Waals surface area contributed by atoms with Crippen LogP contribution in [-0.2, 0) is 17.8 Å². The zero-order chi connectivity index (χ0) is 14.5. The van der Waals surface area contributed by atoms with Crippen LogP contribution in [0.15, 0.2) is 42.5 Å². The first kappa shape index (κ1) is 14.0. The molecule has 0 radical (unpaired) electrons. The van der Waals surface area contributed by atoms with Crippen LogP contribution in [0, 0.1) is 11.6 Å². The van der Waals surface area contributed by atoms with E-state index in [9.17, 15) is 13.6 Å². The highest BCUT2D eigenvalue weighted by Gasteiger charge is 2.07. The summed E-state index contributed by atoms with van der Waals surface area (Å²) >= 11 is 0. The fourth-order valence-corrected chi connectivity index (χ4v) is 1.80. The molecule has 104 valence electrons. The van der Waals surface area contributed by atoms with E-state index in [0.717, 1.165) is 17.7 Å². The number of nitrogen functional groups attached to an aromatic ring is 1. The number of hydrogen-bond donors (Lipinski definition) is 2. The van der Waals surface area contributed by atoms with E-state index < -0.39 is 11.6 Å². The molecule has 0 aromatic heterocycles. The van der Waals surface area contributed by atoms with E-state index in [-0.39, 0.29) is 12.3 Å². The fraction of sp³-hybridized carbons (Fsp3) is 0.133. The molecule has 0 aliphatic carbocycles. The number of carbonyl (C=O) groups is 1. The van der Waals surface area contributed by atoms with Crippen molar-refractivity contribution in [1.29, 1.82) is 0 Å². The number of amides is 1. The fourth-order valence-electron chi connectivity index (χ4n) is 1.80. The Morgan fingerprint density at radius 2 is 1.85 bits per heavy atom. The van der Waals surface area contributed by atoms with Gasteiger partial charge >= 0.3 is 0 Å². The van der Waals surface area contributed by atoms with Crippen LogP contribution in [0.2, 0.25) is 0 Å². The standard InChI is InChI=1S/C15H14F2N2O/c16-13-5-4-10(7-14(13)17)8-15(20)19-9-11-2-1-3-12(18)6-11/h1-7H,8-9,18H2,(H,19,20). The molecule has 0 spiro atoms. The molecule has 5 heteroatoms. The molecule has 0 saturated carbocycles. The number of hydrogen-bond acceptors (Lipinski definition) is 2. The van der Waals surface area contributed by atoms with Crippen molar-refractivity contribution < 1.29 is 13.6 Å². The topological polar surface area (TPSA) is 55.1 Å². The van der Waals surface area contributed by atoms with Crippen LogP contribution in [0.4, 0.5) is 14.5 Å². The van der Waals surface area contributed by atoms with E-state index in [1.807, 2.05) is 6.07 Å². The highest BCUT2D eigenvalue weighted by atomic mass is 19.2. The van der Waals surface area contributed by atoms with Crippen LogP contribution in [0.5, 0.6) is 0 Å². The van der Waals surface area contributed by atoms with Crippen molar-refractivity contribution in [3.63, 3.8) is 0 Å². The van der Waals surface area contributed by atoms with Gasteiger partial charge in [-0.2, -0.15) is 0 Å². The Morgan fingerprint density at radius 1 is 1.05 bits per heavy atom. The van der Waals surface area contributed by atoms with Crippen molar-refractivity contribution in [2.24, 2.45) is 0 Å². The Labute approximate surface area is 115 Å². The van der Waals surface area contributed by atoms with E-state index in [1.54, 1.807) is 18.2 Å². The predicted octanol–water partition coefficient (Wildman–Crippen LogP) is 2.41. The van der Waals surface area contributed by atoms with Gasteiger partial charge in [-0.15, -0.1) is 0 Å². The van der Waals surface area contributed by atoms with Crippen molar-refractivity contribution >= 4 is 11.6 Å². The Bertz CT molecular complexity index is 629. The second kappa shape index (κ2) is 6.14. The summed E-state index contributed by atoms with van der Waals surface area (Å²) in [6, 6.07) is 10.6. The zero-order valence-electron chi connectivity index (χ0n) is 10.7. The average molecular weight is 276 g/mol. The molecule has 0 fully saturated rings. The number of carbonyl (C=O) groups excluding carboxylic acids is 1. The summed E-state index contributed by atoms with van der Waals surface area (Å²) in [5.41, 5.74) is 7.56. The van der Waals surface area contributed by atoms with Gasteiger partial charge in [0.2, 0.25) is 5.91 Å². The number of rotatable bonds is 4. The molecule has 0 aliphatic heterocycles. The summed E-state index contributed by atoms with van der Waals surface area (Å²) < 4.78 is 25.8. The monoisotopic (exact) mass is 276 g/mol. The van der Waals surface area contributed by atoms with Gasteiger partial charge in [0.25, 0.3) is 0 Å². The molecule has 3 N–H and O–H groups in total. The minimum Gasteiger partial charge on any atom is -0.399 e. The lowest BCUT2D eigenvalue weighted by Crippen LogP contribution is -2.24. The molecule has 2 rings (SSSR count). The average Bonchev–Trinajstić information content (AvgIpc) is 2.41. The van der Waals surface area contributed by atoms with Crippen LogP contribution in [0.3, 0.4) is 0 Å². The highest BCUT2D eigenvalue weighted by molar-refractivity contribution is 5.78. The zero-order valence-corrected chi connectivity index (χ0v) is 10.7. The van der Waals surface area contributed by atoms with Gasteiger partial charge in [-0.1, -0.05) is 18.2 Å².